The number of anilines is 1. The Balaban J connectivity index is 1.23. The van der Waals surface area contributed by atoms with Crippen molar-refractivity contribution < 1.29 is 24.1 Å². The first-order valence-corrected chi connectivity index (χ1v) is 11.5. The molecular formula is C24H29ClFN3O4. The summed E-state index contributed by atoms with van der Waals surface area (Å²) in [6.07, 6.45) is -3.52. The third-order valence-electron chi connectivity index (χ3n) is 6.22. The number of piperazine rings is 1. The van der Waals surface area contributed by atoms with Crippen LogP contribution in [0.1, 0.15) is 12.0 Å². The number of aliphatic hydroxyl groups is 2. The Bertz CT molecular complexity index is 940. The van der Waals surface area contributed by atoms with Crippen LogP contribution < -0.4 is 10.2 Å². The molecule has 0 aliphatic carbocycles. The molecule has 0 spiro atoms. The van der Waals surface area contributed by atoms with Gasteiger partial charge < -0.3 is 30.1 Å². The molecule has 7 nitrogen and oxygen atoms in total. The van der Waals surface area contributed by atoms with E-state index in [1.165, 1.54) is 12.1 Å². The molecule has 4 atom stereocenters. The first-order valence-electron chi connectivity index (χ1n) is 11.2. The second-order valence-electron chi connectivity index (χ2n) is 8.50. The molecule has 2 fully saturated rings. The molecule has 33 heavy (non-hydrogen) atoms. The predicted octanol–water partition coefficient (Wildman–Crippen LogP) is 1.80. The molecule has 1 amide bonds. The lowest BCUT2D eigenvalue weighted by Crippen LogP contribution is -2.49. The average molecular weight is 478 g/mol. The Morgan fingerprint density at radius 3 is 2.45 bits per heavy atom. The van der Waals surface area contributed by atoms with Crippen LogP contribution in [0, 0.1) is 5.82 Å². The van der Waals surface area contributed by atoms with Crippen LogP contribution in [0.4, 0.5) is 10.1 Å². The smallest absolute Gasteiger partial charge is 0.225 e. The van der Waals surface area contributed by atoms with Crippen molar-refractivity contribution in [2.45, 2.75) is 37.4 Å². The monoisotopic (exact) mass is 477 g/mol. The van der Waals surface area contributed by atoms with Crippen molar-refractivity contribution in [2.24, 2.45) is 0 Å². The van der Waals surface area contributed by atoms with Crippen molar-refractivity contribution in [1.29, 1.82) is 0 Å². The van der Waals surface area contributed by atoms with Gasteiger partial charge in [0.1, 0.15) is 18.0 Å². The summed E-state index contributed by atoms with van der Waals surface area (Å²) in [7, 11) is 0. The van der Waals surface area contributed by atoms with Gasteiger partial charge in [0.2, 0.25) is 5.91 Å². The zero-order chi connectivity index (χ0) is 23.4. The molecule has 2 aromatic carbocycles. The van der Waals surface area contributed by atoms with Crippen molar-refractivity contribution in [2.75, 3.05) is 37.6 Å². The van der Waals surface area contributed by atoms with Crippen molar-refractivity contribution in [1.82, 2.24) is 10.2 Å². The van der Waals surface area contributed by atoms with Crippen molar-refractivity contribution in [3.63, 3.8) is 0 Å². The predicted molar refractivity (Wildman–Crippen MR) is 124 cm³/mol. The van der Waals surface area contributed by atoms with Gasteiger partial charge in [0, 0.05) is 50.0 Å². The lowest BCUT2D eigenvalue weighted by Gasteiger charge is -2.36. The summed E-state index contributed by atoms with van der Waals surface area (Å²) < 4.78 is 19.0. The molecule has 0 bridgehead atoms. The van der Waals surface area contributed by atoms with Crippen LogP contribution in [-0.4, -0.2) is 78.2 Å². The third-order valence-corrected chi connectivity index (χ3v) is 6.46. The summed E-state index contributed by atoms with van der Waals surface area (Å²) in [5.74, 6) is -0.389. The van der Waals surface area contributed by atoms with Crippen LogP contribution in [0.3, 0.4) is 0 Å². The second-order valence-corrected chi connectivity index (χ2v) is 8.94. The van der Waals surface area contributed by atoms with Crippen LogP contribution >= 0.6 is 11.6 Å². The molecule has 2 saturated heterocycles. The SMILES string of the molecule is O=C(CC1OC(CNCc2cccc(Cl)c2)C(O)C1O)N1CCN(c2ccc(F)cc2)CC1. The molecule has 0 radical (unpaired) electrons. The Labute approximate surface area is 197 Å². The summed E-state index contributed by atoms with van der Waals surface area (Å²) >= 11 is 5.99. The van der Waals surface area contributed by atoms with E-state index in [2.05, 4.69) is 10.2 Å². The Kier molecular flexibility index (Phi) is 7.82. The number of ether oxygens (including phenoxy) is 1. The fraction of sp³-hybridized carbons (Fsp3) is 0.458. The highest BCUT2D eigenvalue weighted by atomic mass is 35.5. The fourth-order valence-corrected chi connectivity index (χ4v) is 4.55. The van der Waals surface area contributed by atoms with E-state index in [-0.39, 0.29) is 18.1 Å². The van der Waals surface area contributed by atoms with Gasteiger partial charge in [-0.25, -0.2) is 4.39 Å². The van der Waals surface area contributed by atoms with E-state index in [0.717, 1.165) is 11.3 Å². The van der Waals surface area contributed by atoms with Gasteiger partial charge in [-0.05, 0) is 42.0 Å². The maximum Gasteiger partial charge on any atom is 0.225 e. The summed E-state index contributed by atoms with van der Waals surface area (Å²) in [4.78, 5) is 16.6. The van der Waals surface area contributed by atoms with Gasteiger partial charge in [-0.15, -0.1) is 0 Å². The number of amides is 1. The molecule has 4 unspecified atom stereocenters. The van der Waals surface area contributed by atoms with E-state index in [1.54, 1.807) is 23.1 Å². The number of carbonyl (C=O) groups excluding carboxylic acids is 1. The summed E-state index contributed by atoms with van der Waals surface area (Å²) in [6.45, 7) is 3.24. The minimum atomic E-state index is -1.12. The zero-order valence-corrected chi connectivity index (χ0v) is 19.0. The topological polar surface area (TPSA) is 85.3 Å². The number of nitrogens with zero attached hydrogens (tertiary/aromatic N) is 2. The van der Waals surface area contributed by atoms with Crippen LogP contribution in [0.5, 0.6) is 0 Å². The highest BCUT2D eigenvalue weighted by Crippen LogP contribution is 2.25. The summed E-state index contributed by atoms with van der Waals surface area (Å²) in [5, 5.41) is 24.6. The van der Waals surface area contributed by atoms with E-state index < -0.39 is 24.4 Å². The number of nitrogens with one attached hydrogen (secondary N) is 1. The van der Waals surface area contributed by atoms with Crippen molar-refractivity contribution in [3.8, 4) is 0 Å². The number of aliphatic hydroxyl groups excluding tert-OH is 2. The zero-order valence-electron chi connectivity index (χ0n) is 18.2. The van der Waals surface area contributed by atoms with Gasteiger partial charge in [-0.1, -0.05) is 23.7 Å². The average Bonchev–Trinajstić information content (AvgIpc) is 3.07. The summed E-state index contributed by atoms with van der Waals surface area (Å²) in [6, 6.07) is 13.8. The van der Waals surface area contributed by atoms with Gasteiger partial charge in [0.05, 0.1) is 18.6 Å². The molecule has 0 saturated carbocycles. The minimum absolute atomic E-state index is 0.0135. The Morgan fingerprint density at radius 1 is 1.06 bits per heavy atom. The standard InChI is InChI=1S/C24H29ClFN3O4/c25-17-3-1-2-16(12-17)14-27-15-21-24(32)23(31)20(33-21)13-22(30)29-10-8-28(9-11-29)19-6-4-18(26)5-7-19/h1-7,12,20-21,23-24,27,31-32H,8-11,13-15H2. The Morgan fingerprint density at radius 2 is 1.76 bits per heavy atom. The molecule has 178 valence electrons. The number of hydrogen-bond donors (Lipinski definition) is 3. The molecule has 2 aliphatic heterocycles. The van der Waals surface area contributed by atoms with Gasteiger partial charge >= 0.3 is 0 Å². The molecule has 2 aromatic rings. The van der Waals surface area contributed by atoms with Crippen LogP contribution in [-0.2, 0) is 16.1 Å². The number of halogens is 2. The molecule has 4 rings (SSSR count). The third kappa shape index (κ3) is 6.02. The number of hydrogen-bond acceptors (Lipinski definition) is 6. The molecule has 9 heteroatoms. The van der Waals surface area contributed by atoms with E-state index >= 15 is 0 Å². The Hall–Kier alpha value is -2.23. The molecule has 2 aliphatic rings. The van der Waals surface area contributed by atoms with Gasteiger partial charge in [-0.3, -0.25) is 4.79 Å². The molecule has 2 heterocycles. The molecule has 0 aromatic heterocycles. The van der Waals surface area contributed by atoms with E-state index in [0.29, 0.717) is 44.3 Å². The maximum atomic E-state index is 13.1. The molecular weight excluding hydrogens is 449 g/mol. The minimum Gasteiger partial charge on any atom is -0.388 e. The van der Waals surface area contributed by atoms with Gasteiger partial charge in [-0.2, -0.15) is 0 Å². The first kappa shape index (κ1) is 23.9. The van der Waals surface area contributed by atoms with E-state index in [1.807, 2.05) is 18.2 Å². The lowest BCUT2D eigenvalue weighted by molar-refractivity contribution is -0.135. The summed E-state index contributed by atoms with van der Waals surface area (Å²) in [5.41, 5.74) is 1.93. The van der Waals surface area contributed by atoms with Crippen LogP contribution in [0.25, 0.3) is 0 Å². The van der Waals surface area contributed by atoms with Gasteiger partial charge in [0.15, 0.2) is 0 Å². The number of benzene rings is 2. The van der Waals surface area contributed by atoms with Crippen LogP contribution in [0.2, 0.25) is 5.02 Å². The fourth-order valence-electron chi connectivity index (χ4n) is 4.34. The van der Waals surface area contributed by atoms with E-state index in [9.17, 15) is 19.4 Å². The number of carbonyl (C=O) groups is 1. The largest absolute Gasteiger partial charge is 0.388 e. The van der Waals surface area contributed by atoms with Crippen molar-refractivity contribution in [3.05, 3.63) is 64.9 Å². The molecule has 3 N–H and O–H groups in total. The normalized spacial score (nSPS) is 25.5. The maximum absolute atomic E-state index is 13.1. The highest BCUT2D eigenvalue weighted by molar-refractivity contribution is 6.30. The first-order chi connectivity index (χ1) is 15.9. The van der Waals surface area contributed by atoms with Crippen molar-refractivity contribution >= 4 is 23.2 Å². The number of rotatable bonds is 7. The van der Waals surface area contributed by atoms with E-state index in [4.69, 9.17) is 16.3 Å². The lowest BCUT2D eigenvalue weighted by atomic mass is 10.0. The van der Waals surface area contributed by atoms with Crippen LogP contribution in [0.15, 0.2) is 48.5 Å². The quantitative estimate of drug-likeness (QED) is 0.564. The van der Waals surface area contributed by atoms with Gasteiger partial charge in [0.25, 0.3) is 0 Å². The highest BCUT2D eigenvalue weighted by Gasteiger charge is 2.43. The second kappa shape index (κ2) is 10.8.